The van der Waals surface area contributed by atoms with Crippen LogP contribution in [0.25, 0.3) is 0 Å². The molecule has 5 nitrogen and oxygen atoms in total. The molecule has 4 aliphatic carbocycles. The monoisotopic (exact) mass is 376 g/mol. The van der Waals surface area contributed by atoms with Crippen molar-refractivity contribution in [2.24, 2.45) is 40.4 Å². The van der Waals surface area contributed by atoms with Gasteiger partial charge in [-0.1, -0.05) is 25.8 Å². The van der Waals surface area contributed by atoms with Crippen LogP contribution in [-0.4, -0.2) is 41.8 Å². The zero-order chi connectivity index (χ0) is 19.6. The van der Waals surface area contributed by atoms with Gasteiger partial charge in [0.25, 0.3) is 0 Å². The van der Waals surface area contributed by atoms with E-state index in [1.165, 1.54) is 26.4 Å². The van der Waals surface area contributed by atoms with Crippen LogP contribution in [-0.2, 0) is 14.3 Å². The van der Waals surface area contributed by atoms with Crippen LogP contribution in [0.15, 0.2) is 11.6 Å². The molecular weight excluding hydrogens is 344 g/mol. The van der Waals surface area contributed by atoms with Gasteiger partial charge in [-0.2, -0.15) is 0 Å². The molecule has 0 spiro atoms. The second kappa shape index (κ2) is 6.41. The maximum atomic E-state index is 12.7. The molecule has 0 saturated heterocycles. The number of allylic oxidation sites excluding steroid dienone is 1. The van der Waals surface area contributed by atoms with Crippen molar-refractivity contribution < 1.29 is 24.5 Å². The average molecular weight is 376 g/mol. The summed E-state index contributed by atoms with van der Waals surface area (Å²) in [6, 6.07) is 0. The number of hydrogen-bond donors (Lipinski definition) is 2. The molecule has 8 atom stereocenters. The highest BCUT2D eigenvalue weighted by Crippen LogP contribution is 2.66. The fourth-order valence-electron chi connectivity index (χ4n) is 7.64. The van der Waals surface area contributed by atoms with Crippen LogP contribution < -0.4 is 0 Å². The lowest BCUT2D eigenvalue weighted by molar-refractivity contribution is -0.168. The van der Waals surface area contributed by atoms with Gasteiger partial charge in [-0.25, -0.2) is 0 Å². The molecule has 0 aromatic rings. The van der Waals surface area contributed by atoms with Crippen LogP contribution in [0, 0.1) is 40.4 Å². The van der Waals surface area contributed by atoms with E-state index >= 15 is 0 Å². The lowest BCUT2D eigenvalue weighted by Gasteiger charge is -2.61. The Morgan fingerprint density at radius 3 is 2.74 bits per heavy atom. The first-order valence-corrected chi connectivity index (χ1v) is 10.4. The smallest absolute Gasteiger partial charge is 0.316 e. The summed E-state index contributed by atoms with van der Waals surface area (Å²) in [6.45, 7) is 4.14. The third-order valence-electron chi connectivity index (χ3n) is 8.81. The molecule has 4 aliphatic rings. The fraction of sp³-hybridized carbons (Fsp3) is 0.818. The Morgan fingerprint density at radius 2 is 2.07 bits per heavy atom. The van der Waals surface area contributed by atoms with Crippen molar-refractivity contribution in [3.63, 3.8) is 0 Å². The van der Waals surface area contributed by atoms with Gasteiger partial charge in [0, 0.05) is 17.9 Å². The van der Waals surface area contributed by atoms with Crippen molar-refractivity contribution in [1.29, 1.82) is 0 Å². The first-order valence-electron chi connectivity index (χ1n) is 10.4. The van der Waals surface area contributed by atoms with Crippen LogP contribution >= 0.6 is 0 Å². The van der Waals surface area contributed by atoms with Crippen molar-refractivity contribution >= 4 is 11.8 Å². The quantitative estimate of drug-likeness (QED) is 0.571. The summed E-state index contributed by atoms with van der Waals surface area (Å²) in [4.78, 5) is 25.1. The molecule has 3 saturated carbocycles. The SMILES string of the molecule is COC(=O)C1C(=O)C=C2CC[C@@H]3[C@@H](C(O)C[C@]4(C)CCC[C@@H]34)[C@@]2(C)C1CO. The number of methoxy groups -OCH3 is 1. The van der Waals surface area contributed by atoms with Gasteiger partial charge in [0.05, 0.1) is 13.2 Å². The van der Waals surface area contributed by atoms with Crippen LogP contribution in [0.3, 0.4) is 0 Å². The van der Waals surface area contributed by atoms with Crippen LogP contribution in [0.1, 0.15) is 52.4 Å². The summed E-state index contributed by atoms with van der Waals surface area (Å²) in [5, 5.41) is 21.5. The third-order valence-corrected chi connectivity index (χ3v) is 8.81. The van der Waals surface area contributed by atoms with Crippen molar-refractivity contribution in [3.05, 3.63) is 11.6 Å². The molecule has 150 valence electrons. The number of esters is 1. The molecule has 0 aromatic carbocycles. The van der Waals surface area contributed by atoms with Crippen molar-refractivity contribution in [3.8, 4) is 0 Å². The minimum Gasteiger partial charge on any atom is -0.468 e. The lowest BCUT2D eigenvalue weighted by Crippen LogP contribution is -2.61. The summed E-state index contributed by atoms with van der Waals surface area (Å²) in [5.41, 5.74) is 0.654. The average Bonchev–Trinajstić information content (AvgIpc) is 3.01. The second-order valence-electron chi connectivity index (χ2n) is 9.80. The van der Waals surface area contributed by atoms with Crippen molar-refractivity contribution in [1.82, 2.24) is 0 Å². The topological polar surface area (TPSA) is 83.8 Å². The van der Waals surface area contributed by atoms with Gasteiger partial charge < -0.3 is 14.9 Å². The Morgan fingerprint density at radius 1 is 1.33 bits per heavy atom. The number of hydrogen-bond acceptors (Lipinski definition) is 5. The van der Waals surface area contributed by atoms with Crippen LogP contribution in [0.5, 0.6) is 0 Å². The van der Waals surface area contributed by atoms with E-state index in [1.54, 1.807) is 6.08 Å². The highest BCUT2D eigenvalue weighted by Gasteiger charge is 2.63. The standard InChI is InChI=1S/C22H32O5/c1-21-8-4-5-14(21)13-7-6-12-9-16(24)18(20(26)27-3)15(11-23)22(12,2)19(13)17(25)10-21/h9,13-15,17-19,23,25H,4-8,10-11H2,1-3H3/t13-,14-,15?,17?,18?,19-,21-,22+/m0/s1. The van der Waals surface area contributed by atoms with E-state index in [0.717, 1.165) is 24.8 Å². The maximum absolute atomic E-state index is 12.7. The minimum absolute atomic E-state index is 0.0221. The lowest BCUT2D eigenvalue weighted by atomic mass is 9.43. The van der Waals surface area contributed by atoms with Gasteiger partial charge in [0.15, 0.2) is 5.78 Å². The molecular formula is C22H32O5. The van der Waals surface area contributed by atoms with E-state index < -0.39 is 29.3 Å². The minimum atomic E-state index is -0.975. The normalized spacial score (nSPS) is 48.9. The van der Waals surface area contributed by atoms with Gasteiger partial charge in [-0.15, -0.1) is 0 Å². The Bertz CT molecular complexity index is 684. The molecule has 0 bridgehead atoms. The highest BCUT2D eigenvalue weighted by atomic mass is 16.5. The van der Waals surface area contributed by atoms with Gasteiger partial charge >= 0.3 is 5.97 Å². The first-order chi connectivity index (χ1) is 12.8. The summed E-state index contributed by atoms with van der Waals surface area (Å²) in [6.07, 6.45) is 7.31. The number of aliphatic hydroxyl groups excluding tert-OH is 2. The van der Waals surface area contributed by atoms with Gasteiger partial charge in [-0.3, -0.25) is 9.59 Å². The molecule has 2 N–H and O–H groups in total. The molecule has 0 amide bonds. The van der Waals surface area contributed by atoms with Crippen LogP contribution in [0.4, 0.5) is 0 Å². The molecule has 3 unspecified atom stereocenters. The van der Waals surface area contributed by atoms with E-state index in [0.29, 0.717) is 11.8 Å². The molecule has 0 heterocycles. The fourth-order valence-corrected chi connectivity index (χ4v) is 7.64. The summed E-state index contributed by atoms with van der Waals surface area (Å²) < 4.78 is 4.90. The van der Waals surface area contributed by atoms with E-state index in [9.17, 15) is 19.8 Å². The Labute approximate surface area is 161 Å². The Kier molecular flexibility index (Phi) is 4.54. The first kappa shape index (κ1) is 19.1. The molecule has 0 aromatic heterocycles. The largest absolute Gasteiger partial charge is 0.468 e. The summed E-state index contributed by atoms with van der Waals surface area (Å²) >= 11 is 0. The molecule has 0 aliphatic heterocycles. The molecule has 4 rings (SSSR count). The zero-order valence-electron chi connectivity index (χ0n) is 16.6. The van der Waals surface area contributed by atoms with Gasteiger partial charge in [0.1, 0.15) is 5.92 Å². The number of ether oxygens (including phenoxy) is 1. The summed E-state index contributed by atoms with van der Waals surface area (Å²) in [7, 11) is 1.29. The number of ketones is 1. The number of carbonyl (C=O) groups is 2. The number of fused-ring (bicyclic) bond motifs is 5. The second-order valence-corrected chi connectivity index (χ2v) is 9.80. The molecule has 3 fully saturated rings. The number of carbonyl (C=O) groups excluding carboxylic acids is 2. The van der Waals surface area contributed by atoms with E-state index in [-0.39, 0.29) is 23.7 Å². The summed E-state index contributed by atoms with van der Waals surface area (Å²) in [5.74, 6) is -1.41. The molecule has 5 heteroatoms. The molecule has 27 heavy (non-hydrogen) atoms. The number of rotatable bonds is 2. The van der Waals surface area contributed by atoms with Gasteiger partial charge in [0.2, 0.25) is 0 Å². The zero-order valence-corrected chi connectivity index (χ0v) is 16.6. The van der Waals surface area contributed by atoms with Crippen LogP contribution in [0.2, 0.25) is 0 Å². The van der Waals surface area contributed by atoms with Crippen molar-refractivity contribution in [2.45, 2.75) is 58.5 Å². The maximum Gasteiger partial charge on any atom is 0.316 e. The Balaban J connectivity index is 1.80. The van der Waals surface area contributed by atoms with E-state index in [4.69, 9.17) is 4.74 Å². The predicted octanol–water partition coefficient (Wildman–Crippen LogP) is 2.50. The van der Waals surface area contributed by atoms with Gasteiger partial charge in [-0.05, 0) is 61.3 Å². The Hall–Kier alpha value is -1.20. The highest BCUT2D eigenvalue weighted by molar-refractivity contribution is 6.06. The van der Waals surface area contributed by atoms with E-state index in [2.05, 4.69) is 13.8 Å². The number of aliphatic hydroxyl groups is 2. The predicted molar refractivity (Wildman–Crippen MR) is 99.6 cm³/mol. The third kappa shape index (κ3) is 2.50. The van der Waals surface area contributed by atoms with Crippen molar-refractivity contribution in [2.75, 3.05) is 13.7 Å². The van der Waals surface area contributed by atoms with E-state index in [1.807, 2.05) is 0 Å². The molecule has 0 radical (unpaired) electrons.